The highest BCUT2D eigenvalue weighted by atomic mass is 19.1. The predicted octanol–water partition coefficient (Wildman–Crippen LogP) is 3.99. The van der Waals surface area contributed by atoms with Crippen molar-refractivity contribution in [3.63, 3.8) is 0 Å². The number of hydrogen-bond donors (Lipinski definition) is 1. The number of halogens is 1. The fraction of sp³-hybridized carbons (Fsp3) is 0.526. The number of nitrogens with zero attached hydrogens (tertiary/aromatic N) is 1. The molecule has 0 saturated heterocycles. The molecule has 0 atom stereocenters. The summed E-state index contributed by atoms with van der Waals surface area (Å²) in [6.45, 7) is 0. The smallest absolute Gasteiger partial charge is 0.274 e. The van der Waals surface area contributed by atoms with Gasteiger partial charge in [-0.15, -0.1) is 0 Å². The topological polar surface area (TPSA) is 37.8 Å². The second-order valence-corrected chi connectivity index (χ2v) is 7.15. The Morgan fingerprint density at radius 2 is 1.61 bits per heavy atom. The molecule has 2 fully saturated rings. The van der Waals surface area contributed by atoms with E-state index in [0.29, 0.717) is 5.69 Å². The van der Waals surface area contributed by atoms with Crippen molar-refractivity contribution in [1.29, 1.82) is 0 Å². The average molecular weight is 314 g/mol. The van der Waals surface area contributed by atoms with E-state index in [2.05, 4.69) is 5.10 Å². The molecule has 2 saturated carbocycles. The number of nitrogens with one attached hydrogen (secondary N) is 1. The molecule has 1 heterocycles. The quantitative estimate of drug-likeness (QED) is 0.824. The van der Waals surface area contributed by atoms with E-state index in [0.717, 1.165) is 42.4 Å². The molecule has 0 aliphatic heterocycles. The number of aryl methyl sites for hydroxylation is 1. The maximum Gasteiger partial charge on any atom is 0.274 e. The summed E-state index contributed by atoms with van der Waals surface area (Å²) in [4.78, 5) is 12.8. The Balaban J connectivity index is 1.62. The molecule has 2 aliphatic rings. The van der Waals surface area contributed by atoms with E-state index >= 15 is 0 Å². The molecule has 1 aromatic carbocycles. The van der Waals surface area contributed by atoms with Crippen molar-refractivity contribution in [2.75, 3.05) is 0 Å². The largest absolute Gasteiger partial charge is 0.295 e. The monoisotopic (exact) mass is 314 g/mol. The van der Waals surface area contributed by atoms with E-state index in [1.165, 1.54) is 44.2 Å². The standard InChI is InChI=1S/C19H23FN2O/c20-15-7-9-16(10-8-15)22-19(23)17(11-5-13-1-2-13)18(21-22)12-6-14-3-4-14/h7-10,13-14,21H,1-6,11-12H2. The predicted molar refractivity (Wildman–Crippen MR) is 88.4 cm³/mol. The molecule has 0 spiro atoms. The minimum Gasteiger partial charge on any atom is -0.295 e. The Labute approximate surface area is 135 Å². The second kappa shape index (κ2) is 5.99. The Bertz CT molecular complexity index is 736. The third-order valence-electron chi connectivity index (χ3n) is 5.16. The van der Waals surface area contributed by atoms with Gasteiger partial charge >= 0.3 is 0 Å². The van der Waals surface area contributed by atoms with Crippen molar-refractivity contribution in [2.24, 2.45) is 11.8 Å². The van der Waals surface area contributed by atoms with Crippen molar-refractivity contribution in [3.05, 3.63) is 51.7 Å². The summed E-state index contributed by atoms with van der Waals surface area (Å²) in [5.74, 6) is 1.39. The van der Waals surface area contributed by atoms with E-state index < -0.39 is 0 Å². The maximum atomic E-state index is 13.1. The van der Waals surface area contributed by atoms with Crippen molar-refractivity contribution in [1.82, 2.24) is 9.78 Å². The van der Waals surface area contributed by atoms with Gasteiger partial charge in [0, 0.05) is 11.3 Å². The Hall–Kier alpha value is -1.84. The molecule has 0 amide bonds. The van der Waals surface area contributed by atoms with Gasteiger partial charge in [0.25, 0.3) is 5.56 Å². The lowest BCUT2D eigenvalue weighted by Crippen LogP contribution is -2.17. The average Bonchev–Trinajstić information content (AvgIpc) is 3.45. The zero-order valence-corrected chi connectivity index (χ0v) is 13.4. The third-order valence-corrected chi connectivity index (χ3v) is 5.16. The minimum atomic E-state index is -0.281. The van der Waals surface area contributed by atoms with Crippen LogP contribution in [-0.2, 0) is 12.8 Å². The lowest BCUT2D eigenvalue weighted by atomic mass is 10.0. The molecular formula is C19H23FN2O. The number of aromatic amines is 1. The van der Waals surface area contributed by atoms with Crippen LogP contribution in [0.4, 0.5) is 4.39 Å². The highest BCUT2D eigenvalue weighted by Crippen LogP contribution is 2.35. The van der Waals surface area contributed by atoms with Crippen molar-refractivity contribution < 1.29 is 4.39 Å². The summed E-state index contributed by atoms with van der Waals surface area (Å²) in [5.41, 5.74) is 2.79. The van der Waals surface area contributed by atoms with Crippen LogP contribution in [0.3, 0.4) is 0 Å². The lowest BCUT2D eigenvalue weighted by molar-refractivity contribution is 0.626. The number of H-pyrrole nitrogens is 1. The van der Waals surface area contributed by atoms with Gasteiger partial charge in [-0.3, -0.25) is 9.89 Å². The summed E-state index contributed by atoms with van der Waals surface area (Å²) in [6.07, 6.45) is 9.40. The van der Waals surface area contributed by atoms with Crippen LogP contribution in [-0.4, -0.2) is 9.78 Å². The van der Waals surface area contributed by atoms with E-state index in [-0.39, 0.29) is 11.4 Å². The molecule has 0 unspecified atom stereocenters. The number of benzene rings is 1. The molecule has 2 aliphatic carbocycles. The highest BCUT2D eigenvalue weighted by molar-refractivity contribution is 5.33. The number of rotatable bonds is 7. The van der Waals surface area contributed by atoms with Crippen LogP contribution in [0.1, 0.15) is 49.8 Å². The van der Waals surface area contributed by atoms with Crippen molar-refractivity contribution in [2.45, 2.75) is 51.4 Å². The van der Waals surface area contributed by atoms with Gasteiger partial charge in [-0.2, -0.15) is 0 Å². The lowest BCUT2D eigenvalue weighted by Gasteiger charge is -2.02. The van der Waals surface area contributed by atoms with E-state index in [9.17, 15) is 9.18 Å². The minimum absolute atomic E-state index is 0.0445. The first kappa shape index (κ1) is 14.7. The first-order valence-corrected chi connectivity index (χ1v) is 8.79. The van der Waals surface area contributed by atoms with Gasteiger partial charge in [0.2, 0.25) is 0 Å². The molecule has 0 bridgehead atoms. The van der Waals surface area contributed by atoms with Gasteiger partial charge in [-0.05, 0) is 61.8 Å². The van der Waals surface area contributed by atoms with Crippen LogP contribution in [0, 0.1) is 17.7 Å². The fourth-order valence-electron chi connectivity index (χ4n) is 3.26. The normalized spacial score (nSPS) is 17.6. The Morgan fingerprint density at radius 3 is 2.22 bits per heavy atom. The first-order chi connectivity index (χ1) is 11.2. The Kier molecular flexibility index (Phi) is 3.83. The van der Waals surface area contributed by atoms with Crippen LogP contribution in [0.5, 0.6) is 0 Å². The molecule has 4 heteroatoms. The van der Waals surface area contributed by atoms with Crippen LogP contribution in [0.2, 0.25) is 0 Å². The van der Waals surface area contributed by atoms with E-state index in [1.54, 1.807) is 16.8 Å². The number of hydrogen-bond acceptors (Lipinski definition) is 1. The zero-order chi connectivity index (χ0) is 15.8. The fourth-order valence-corrected chi connectivity index (χ4v) is 3.26. The molecule has 1 aromatic heterocycles. The molecule has 122 valence electrons. The summed E-state index contributed by atoms with van der Waals surface area (Å²) in [6, 6.07) is 6.11. The summed E-state index contributed by atoms with van der Waals surface area (Å²) < 4.78 is 14.7. The van der Waals surface area contributed by atoms with E-state index in [1.807, 2.05) is 0 Å². The molecule has 4 rings (SSSR count). The van der Waals surface area contributed by atoms with Crippen LogP contribution in [0.25, 0.3) is 5.69 Å². The Morgan fingerprint density at radius 1 is 1.00 bits per heavy atom. The molecule has 1 N–H and O–H groups in total. The van der Waals surface area contributed by atoms with Gasteiger partial charge in [0.05, 0.1) is 5.69 Å². The number of aromatic nitrogens is 2. The highest BCUT2D eigenvalue weighted by Gasteiger charge is 2.25. The molecule has 0 radical (unpaired) electrons. The van der Waals surface area contributed by atoms with Gasteiger partial charge < -0.3 is 0 Å². The molecule has 2 aromatic rings. The van der Waals surface area contributed by atoms with Gasteiger partial charge in [-0.25, -0.2) is 9.07 Å². The molecule has 3 nitrogen and oxygen atoms in total. The summed E-state index contributed by atoms with van der Waals surface area (Å²) in [5, 5.41) is 3.29. The van der Waals surface area contributed by atoms with Crippen molar-refractivity contribution >= 4 is 0 Å². The van der Waals surface area contributed by atoms with Crippen molar-refractivity contribution in [3.8, 4) is 5.69 Å². The zero-order valence-electron chi connectivity index (χ0n) is 13.4. The van der Waals surface area contributed by atoms with Gasteiger partial charge in [0.15, 0.2) is 0 Å². The molecular weight excluding hydrogens is 291 g/mol. The summed E-state index contributed by atoms with van der Waals surface area (Å²) >= 11 is 0. The SMILES string of the molecule is O=c1c(CCC2CC2)c(CCC2CC2)[nH]n1-c1ccc(F)cc1. The first-order valence-electron chi connectivity index (χ1n) is 8.79. The van der Waals surface area contributed by atoms with Gasteiger partial charge in [-0.1, -0.05) is 25.7 Å². The van der Waals surface area contributed by atoms with Crippen LogP contribution < -0.4 is 5.56 Å². The summed E-state index contributed by atoms with van der Waals surface area (Å²) in [7, 11) is 0. The van der Waals surface area contributed by atoms with E-state index in [4.69, 9.17) is 0 Å². The maximum absolute atomic E-state index is 13.1. The third kappa shape index (κ3) is 3.41. The molecule has 23 heavy (non-hydrogen) atoms. The van der Waals surface area contributed by atoms with Crippen LogP contribution in [0.15, 0.2) is 29.1 Å². The van der Waals surface area contributed by atoms with Crippen LogP contribution >= 0.6 is 0 Å². The second-order valence-electron chi connectivity index (χ2n) is 7.15. The van der Waals surface area contributed by atoms with Gasteiger partial charge in [0.1, 0.15) is 5.82 Å².